The molecule has 0 unspecified atom stereocenters. The van der Waals surface area contributed by atoms with E-state index in [2.05, 4.69) is 42.8 Å². The van der Waals surface area contributed by atoms with Gasteiger partial charge < -0.3 is 4.98 Å². The van der Waals surface area contributed by atoms with Crippen molar-refractivity contribution in [3.8, 4) is 0 Å². The van der Waals surface area contributed by atoms with Crippen molar-refractivity contribution in [3.63, 3.8) is 0 Å². The molecule has 4 rings (SSSR count). The highest BCUT2D eigenvalue weighted by Gasteiger charge is 2.26. The Hall–Kier alpha value is -1.55. The third kappa shape index (κ3) is 2.26. The zero-order chi connectivity index (χ0) is 16.4. The van der Waals surface area contributed by atoms with Crippen LogP contribution in [0.25, 0.3) is 32.8 Å². The Bertz CT molecular complexity index is 1080. The highest BCUT2D eigenvalue weighted by atomic mass is 35.5. The van der Waals surface area contributed by atoms with Crippen molar-refractivity contribution in [2.45, 2.75) is 19.6 Å². The summed E-state index contributed by atoms with van der Waals surface area (Å²) in [7, 11) is -1.67. The second kappa shape index (κ2) is 4.97. The topological polar surface area (TPSA) is 28.7 Å². The largest absolute Gasteiger partial charge is 0.339 e. The van der Waals surface area contributed by atoms with Crippen LogP contribution in [0, 0.1) is 0 Å². The summed E-state index contributed by atoms with van der Waals surface area (Å²) < 4.78 is 0. The van der Waals surface area contributed by atoms with E-state index in [9.17, 15) is 0 Å². The number of rotatable bonds is 1. The van der Waals surface area contributed by atoms with Gasteiger partial charge in [0.15, 0.2) is 0 Å². The van der Waals surface area contributed by atoms with Crippen molar-refractivity contribution in [2.75, 3.05) is 0 Å². The average Bonchev–Trinajstić information content (AvgIpc) is 2.82. The van der Waals surface area contributed by atoms with Crippen LogP contribution in [-0.2, 0) is 0 Å². The molecule has 0 atom stereocenters. The first-order valence-electron chi connectivity index (χ1n) is 7.56. The molecule has 0 saturated heterocycles. The molecule has 0 aliphatic rings. The summed E-state index contributed by atoms with van der Waals surface area (Å²) in [5, 5.41) is 6.13. The molecule has 5 heteroatoms. The minimum Gasteiger partial charge on any atom is -0.339 e. The zero-order valence-electron chi connectivity index (χ0n) is 13.2. The first-order chi connectivity index (χ1) is 10.9. The number of aromatic nitrogens is 2. The van der Waals surface area contributed by atoms with Crippen LogP contribution in [0.15, 0.2) is 36.4 Å². The number of fused-ring (bicyclic) bond motifs is 4. The number of H-pyrrole nitrogens is 1. The average molecular weight is 359 g/mol. The van der Waals surface area contributed by atoms with Gasteiger partial charge in [-0.05, 0) is 23.4 Å². The second-order valence-electron chi connectivity index (χ2n) is 6.91. The molecule has 2 aromatic heterocycles. The van der Waals surface area contributed by atoms with E-state index in [0.29, 0.717) is 10.0 Å². The van der Waals surface area contributed by atoms with Crippen molar-refractivity contribution < 1.29 is 0 Å². The predicted octanol–water partition coefficient (Wildman–Crippen LogP) is 5.72. The Morgan fingerprint density at radius 1 is 1.00 bits per heavy atom. The standard InChI is InChI=1S/C18H16Cl2N2Si/c1-23(2,3)17-12-8-10(19)9-13(20)16(12)22-18-15(17)11-6-4-5-7-14(11)21-18/h4-9H,1-3H3,(H,21,22). The Labute approximate surface area is 145 Å². The summed E-state index contributed by atoms with van der Waals surface area (Å²) in [5.41, 5.74) is 2.83. The normalized spacial score (nSPS) is 12.6. The van der Waals surface area contributed by atoms with Gasteiger partial charge in [0, 0.05) is 26.7 Å². The maximum Gasteiger partial charge on any atom is 0.139 e. The van der Waals surface area contributed by atoms with Crippen molar-refractivity contribution in [2.24, 2.45) is 0 Å². The zero-order valence-corrected chi connectivity index (χ0v) is 15.7. The number of pyridine rings is 1. The fourth-order valence-corrected chi connectivity index (χ4v) is 5.90. The van der Waals surface area contributed by atoms with Crippen LogP contribution >= 0.6 is 23.2 Å². The third-order valence-corrected chi connectivity index (χ3v) is 6.73. The Kier molecular flexibility index (Phi) is 3.24. The minimum absolute atomic E-state index is 0.604. The van der Waals surface area contributed by atoms with Gasteiger partial charge in [-0.1, -0.05) is 61.0 Å². The maximum atomic E-state index is 6.44. The first-order valence-corrected chi connectivity index (χ1v) is 11.8. The molecule has 0 bridgehead atoms. The number of para-hydroxylation sites is 1. The van der Waals surface area contributed by atoms with E-state index in [-0.39, 0.29) is 0 Å². The van der Waals surface area contributed by atoms with E-state index in [0.717, 1.165) is 22.1 Å². The molecular weight excluding hydrogens is 343 g/mol. The van der Waals surface area contributed by atoms with Crippen LogP contribution in [0.2, 0.25) is 29.7 Å². The molecule has 2 nitrogen and oxygen atoms in total. The van der Waals surface area contributed by atoms with Crippen LogP contribution in [0.3, 0.4) is 0 Å². The molecule has 116 valence electrons. The number of aromatic amines is 1. The molecule has 0 fully saturated rings. The number of nitrogens with one attached hydrogen (secondary N) is 1. The Morgan fingerprint density at radius 3 is 2.48 bits per heavy atom. The van der Waals surface area contributed by atoms with Crippen molar-refractivity contribution >= 4 is 69.3 Å². The molecule has 1 N–H and O–H groups in total. The highest BCUT2D eigenvalue weighted by Crippen LogP contribution is 2.32. The van der Waals surface area contributed by atoms with Crippen molar-refractivity contribution in [3.05, 3.63) is 46.4 Å². The molecule has 23 heavy (non-hydrogen) atoms. The van der Waals surface area contributed by atoms with Gasteiger partial charge in [-0.3, -0.25) is 0 Å². The molecule has 2 heterocycles. The van der Waals surface area contributed by atoms with Gasteiger partial charge in [-0.25, -0.2) is 4.98 Å². The lowest BCUT2D eigenvalue weighted by atomic mass is 10.1. The predicted molar refractivity (Wildman–Crippen MR) is 104 cm³/mol. The monoisotopic (exact) mass is 358 g/mol. The van der Waals surface area contributed by atoms with E-state index < -0.39 is 8.07 Å². The molecule has 0 spiro atoms. The molecule has 0 amide bonds. The van der Waals surface area contributed by atoms with Gasteiger partial charge in [0.2, 0.25) is 0 Å². The summed E-state index contributed by atoms with van der Waals surface area (Å²) in [6.45, 7) is 7.04. The molecule has 0 radical (unpaired) electrons. The molecule has 4 aromatic rings. The fourth-order valence-electron chi connectivity index (χ4n) is 3.36. The summed E-state index contributed by atoms with van der Waals surface area (Å²) >= 11 is 12.7. The lowest BCUT2D eigenvalue weighted by molar-refractivity contribution is 1.40. The van der Waals surface area contributed by atoms with Gasteiger partial charge in [-0.2, -0.15) is 0 Å². The first kappa shape index (κ1) is 15.0. The lowest BCUT2D eigenvalue weighted by Crippen LogP contribution is -2.39. The van der Waals surface area contributed by atoms with Crippen molar-refractivity contribution in [1.82, 2.24) is 9.97 Å². The van der Waals surface area contributed by atoms with E-state index in [4.69, 9.17) is 28.2 Å². The summed E-state index contributed by atoms with van der Waals surface area (Å²) in [4.78, 5) is 8.25. The van der Waals surface area contributed by atoms with Gasteiger partial charge in [-0.15, -0.1) is 0 Å². The van der Waals surface area contributed by atoms with E-state index >= 15 is 0 Å². The van der Waals surface area contributed by atoms with E-state index in [1.807, 2.05) is 12.1 Å². The summed E-state index contributed by atoms with van der Waals surface area (Å²) in [6.07, 6.45) is 0. The van der Waals surface area contributed by atoms with Gasteiger partial charge in [0.1, 0.15) is 5.65 Å². The van der Waals surface area contributed by atoms with Crippen LogP contribution in [0.1, 0.15) is 0 Å². The Balaban J connectivity index is 2.36. The van der Waals surface area contributed by atoms with Gasteiger partial charge in [0.05, 0.1) is 18.6 Å². The van der Waals surface area contributed by atoms with E-state index in [1.165, 1.54) is 16.0 Å². The minimum atomic E-state index is -1.67. The number of hydrogen-bond acceptors (Lipinski definition) is 1. The molecule has 2 aromatic carbocycles. The van der Waals surface area contributed by atoms with Crippen LogP contribution < -0.4 is 5.19 Å². The summed E-state index contributed by atoms with van der Waals surface area (Å²) in [5.74, 6) is 0. The Morgan fingerprint density at radius 2 is 1.74 bits per heavy atom. The summed E-state index contributed by atoms with van der Waals surface area (Å²) in [6, 6.07) is 12.1. The molecule has 0 aliphatic heterocycles. The second-order valence-corrected chi connectivity index (χ2v) is 12.8. The number of benzene rings is 2. The van der Waals surface area contributed by atoms with Crippen LogP contribution in [0.4, 0.5) is 0 Å². The van der Waals surface area contributed by atoms with Gasteiger partial charge in [0.25, 0.3) is 0 Å². The SMILES string of the molecule is C[Si](C)(C)c1c2cc(Cl)cc(Cl)c2nc2[nH]c3ccccc3c12. The highest BCUT2D eigenvalue weighted by molar-refractivity contribution is 6.92. The van der Waals surface area contributed by atoms with Crippen molar-refractivity contribution in [1.29, 1.82) is 0 Å². The lowest BCUT2D eigenvalue weighted by Gasteiger charge is -2.21. The maximum absolute atomic E-state index is 6.44. The number of hydrogen-bond donors (Lipinski definition) is 1. The quantitative estimate of drug-likeness (QED) is 0.433. The smallest absolute Gasteiger partial charge is 0.139 e. The molecular formula is C18H16Cl2N2Si. The third-order valence-electron chi connectivity index (χ3n) is 4.21. The van der Waals surface area contributed by atoms with E-state index in [1.54, 1.807) is 6.07 Å². The van der Waals surface area contributed by atoms with Crippen LogP contribution in [-0.4, -0.2) is 18.0 Å². The number of nitrogens with zero attached hydrogens (tertiary/aromatic N) is 1. The van der Waals surface area contributed by atoms with Gasteiger partial charge >= 0.3 is 0 Å². The molecule has 0 saturated carbocycles. The number of halogens is 2. The molecule has 0 aliphatic carbocycles. The fraction of sp³-hybridized carbons (Fsp3) is 0.167. The van der Waals surface area contributed by atoms with Crippen LogP contribution in [0.5, 0.6) is 0 Å².